The molecule has 0 spiro atoms. The van der Waals surface area contributed by atoms with Crippen LogP contribution in [0.25, 0.3) is 0 Å². The third-order valence-corrected chi connectivity index (χ3v) is 4.02. The largest absolute Gasteiger partial charge is 0.396 e. The summed E-state index contributed by atoms with van der Waals surface area (Å²) in [5.41, 5.74) is 0.838. The highest BCUT2D eigenvalue weighted by Crippen LogP contribution is 2.24. The predicted octanol–water partition coefficient (Wildman–Crippen LogP) is 2.51. The molecule has 6 nitrogen and oxygen atoms in total. The minimum atomic E-state index is -0.374. The average molecular weight is 340 g/mol. The van der Waals surface area contributed by atoms with Gasteiger partial charge in [0.05, 0.1) is 10.6 Å². The maximum atomic E-state index is 12.1. The number of hydrogen-bond donors (Lipinski definition) is 4. The van der Waals surface area contributed by atoms with E-state index in [-0.39, 0.29) is 30.6 Å². The number of rotatable bonds is 7. The van der Waals surface area contributed by atoms with Gasteiger partial charge in [0.2, 0.25) is 0 Å². The third-order valence-electron chi connectivity index (χ3n) is 3.69. The molecule has 7 heteroatoms. The Bertz CT molecular complexity index is 576. The first-order valence-corrected chi connectivity index (χ1v) is 8.20. The standard InChI is InChI=1S/C16H22ClN3O3/c1-2-10(7-8-21)19-16(23)20-12-5-6-14(17)13(9-12)15(22)18-11-3-4-11/h5-6,9-11,21H,2-4,7-8H2,1H3,(H,18,22)(H2,19,20,23)/t10-/m1/s1. The minimum absolute atomic E-state index is 0.0191. The molecule has 1 fully saturated rings. The summed E-state index contributed by atoms with van der Waals surface area (Å²) >= 11 is 6.06. The topological polar surface area (TPSA) is 90.5 Å². The van der Waals surface area contributed by atoms with E-state index in [0.717, 1.165) is 19.3 Å². The summed E-state index contributed by atoms with van der Waals surface area (Å²) in [6.45, 7) is 1.95. The van der Waals surface area contributed by atoms with E-state index in [4.69, 9.17) is 16.7 Å². The van der Waals surface area contributed by atoms with E-state index in [0.29, 0.717) is 22.7 Å². The molecule has 0 aromatic heterocycles. The Morgan fingerprint density at radius 1 is 1.39 bits per heavy atom. The maximum absolute atomic E-state index is 12.1. The Balaban J connectivity index is 1.99. The number of halogens is 1. The average Bonchev–Trinajstić information content (AvgIpc) is 3.32. The molecule has 1 aromatic rings. The first-order chi connectivity index (χ1) is 11.0. The zero-order valence-corrected chi connectivity index (χ0v) is 13.8. The van der Waals surface area contributed by atoms with Crippen LogP contribution in [0.15, 0.2) is 18.2 Å². The Kier molecular flexibility index (Phi) is 6.24. The maximum Gasteiger partial charge on any atom is 0.319 e. The lowest BCUT2D eigenvalue weighted by Gasteiger charge is -2.16. The van der Waals surface area contributed by atoms with E-state index in [1.165, 1.54) is 0 Å². The van der Waals surface area contributed by atoms with Crippen molar-refractivity contribution in [3.05, 3.63) is 28.8 Å². The summed E-state index contributed by atoms with van der Waals surface area (Å²) in [5.74, 6) is -0.228. The number of benzene rings is 1. The number of urea groups is 1. The van der Waals surface area contributed by atoms with Gasteiger partial charge in [0.15, 0.2) is 0 Å². The molecule has 0 bridgehead atoms. The fourth-order valence-electron chi connectivity index (χ4n) is 2.15. The fourth-order valence-corrected chi connectivity index (χ4v) is 2.36. The van der Waals surface area contributed by atoms with Gasteiger partial charge in [-0.2, -0.15) is 0 Å². The van der Waals surface area contributed by atoms with E-state index in [1.54, 1.807) is 18.2 Å². The van der Waals surface area contributed by atoms with Crippen LogP contribution in [0.4, 0.5) is 10.5 Å². The smallest absolute Gasteiger partial charge is 0.319 e. The van der Waals surface area contributed by atoms with Crippen molar-refractivity contribution < 1.29 is 14.7 Å². The van der Waals surface area contributed by atoms with Gasteiger partial charge in [-0.25, -0.2) is 4.79 Å². The van der Waals surface area contributed by atoms with Crippen molar-refractivity contribution in [3.8, 4) is 0 Å². The molecule has 1 aromatic carbocycles. The first kappa shape index (κ1) is 17.6. The summed E-state index contributed by atoms with van der Waals surface area (Å²) in [6, 6.07) is 4.56. The molecule has 3 amide bonds. The molecule has 0 saturated heterocycles. The number of aliphatic hydroxyl groups excluding tert-OH is 1. The normalized spacial score (nSPS) is 14.9. The van der Waals surface area contributed by atoms with Gasteiger partial charge in [0.25, 0.3) is 5.91 Å². The monoisotopic (exact) mass is 339 g/mol. The lowest BCUT2D eigenvalue weighted by atomic mass is 10.1. The zero-order valence-electron chi connectivity index (χ0n) is 13.1. The van der Waals surface area contributed by atoms with Crippen molar-refractivity contribution in [2.75, 3.05) is 11.9 Å². The van der Waals surface area contributed by atoms with Crippen molar-refractivity contribution in [3.63, 3.8) is 0 Å². The van der Waals surface area contributed by atoms with Crippen LogP contribution in [0.1, 0.15) is 43.0 Å². The van der Waals surface area contributed by atoms with Crippen LogP contribution in [-0.2, 0) is 0 Å². The molecule has 2 rings (SSSR count). The molecule has 1 saturated carbocycles. The molecule has 1 aliphatic rings. The first-order valence-electron chi connectivity index (χ1n) is 7.82. The number of hydrogen-bond acceptors (Lipinski definition) is 3. The number of carbonyl (C=O) groups excluding carboxylic acids is 2. The van der Waals surface area contributed by atoms with Crippen LogP contribution in [0.2, 0.25) is 5.02 Å². The molecule has 4 N–H and O–H groups in total. The zero-order chi connectivity index (χ0) is 16.8. The molecule has 0 radical (unpaired) electrons. The number of nitrogens with one attached hydrogen (secondary N) is 3. The molecule has 126 valence electrons. The Morgan fingerprint density at radius 2 is 2.13 bits per heavy atom. The quantitative estimate of drug-likeness (QED) is 0.615. The summed E-state index contributed by atoms with van der Waals surface area (Å²) in [5, 5.41) is 17.6. The van der Waals surface area contributed by atoms with Crippen molar-refractivity contribution in [2.45, 2.75) is 44.7 Å². The van der Waals surface area contributed by atoms with Crippen molar-refractivity contribution in [1.82, 2.24) is 10.6 Å². The van der Waals surface area contributed by atoms with Crippen LogP contribution in [0, 0.1) is 0 Å². The summed E-state index contributed by atoms with van der Waals surface area (Å²) < 4.78 is 0. The molecular formula is C16H22ClN3O3. The van der Waals surface area contributed by atoms with Gasteiger partial charge in [-0.15, -0.1) is 0 Å². The molecule has 1 atom stereocenters. The van der Waals surface area contributed by atoms with Crippen LogP contribution in [0.3, 0.4) is 0 Å². The van der Waals surface area contributed by atoms with E-state index >= 15 is 0 Å². The van der Waals surface area contributed by atoms with E-state index in [1.807, 2.05) is 6.92 Å². The number of aliphatic hydroxyl groups is 1. The highest BCUT2D eigenvalue weighted by molar-refractivity contribution is 6.34. The Morgan fingerprint density at radius 3 is 2.74 bits per heavy atom. The van der Waals surface area contributed by atoms with Gasteiger partial charge < -0.3 is 21.1 Å². The van der Waals surface area contributed by atoms with Gasteiger partial charge in [-0.3, -0.25) is 4.79 Å². The van der Waals surface area contributed by atoms with Gasteiger partial charge in [0, 0.05) is 24.4 Å². The summed E-state index contributed by atoms with van der Waals surface area (Å²) in [6.07, 6.45) is 3.21. The van der Waals surface area contributed by atoms with Crippen LogP contribution < -0.4 is 16.0 Å². The number of carbonyl (C=O) groups is 2. The lowest BCUT2D eigenvalue weighted by molar-refractivity contribution is 0.0951. The Hall–Kier alpha value is -1.79. The second kappa shape index (κ2) is 8.17. The van der Waals surface area contributed by atoms with Crippen LogP contribution in [-0.4, -0.2) is 35.7 Å². The molecular weight excluding hydrogens is 318 g/mol. The lowest BCUT2D eigenvalue weighted by Crippen LogP contribution is -2.38. The van der Waals surface area contributed by atoms with Gasteiger partial charge in [-0.05, 0) is 43.9 Å². The van der Waals surface area contributed by atoms with E-state index in [9.17, 15) is 9.59 Å². The van der Waals surface area contributed by atoms with Gasteiger partial charge in [-0.1, -0.05) is 18.5 Å². The molecule has 0 aliphatic heterocycles. The molecule has 0 heterocycles. The predicted molar refractivity (Wildman–Crippen MR) is 89.9 cm³/mol. The van der Waals surface area contributed by atoms with Crippen molar-refractivity contribution in [1.29, 1.82) is 0 Å². The Labute approximate surface area is 140 Å². The van der Waals surface area contributed by atoms with Crippen LogP contribution >= 0.6 is 11.6 Å². The molecule has 0 unspecified atom stereocenters. The SMILES string of the molecule is CC[C@H](CCO)NC(=O)Nc1ccc(Cl)c(C(=O)NC2CC2)c1. The second-order valence-electron chi connectivity index (χ2n) is 5.66. The number of anilines is 1. The van der Waals surface area contributed by atoms with E-state index < -0.39 is 0 Å². The third kappa shape index (κ3) is 5.41. The van der Waals surface area contributed by atoms with Crippen molar-refractivity contribution >= 4 is 29.2 Å². The van der Waals surface area contributed by atoms with Gasteiger partial charge in [0.1, 0.15) is 0 Å². The molecule has 1 aliphatic carbocycles. The highest BCUT2D eigenvalue weighted by atomic mass is 35.5. The highest BCUT2D eigenvalue weighted by Gasteiger charge is 2.25. The summed E-state index contributed by atoms with van der Waals surface area (Å²) in [7, 11) is 0. The van der Waals surface area contributed by atoms with Crippen LogP contribution in [0.5, 0.6) is 0 Å². The molecule has 23 heavy (non-hydrogen) atoms. The van der Waals surface area contributed by atoms with Gasteiger partial charge >= 0.3 is 6.03 Å². The van der Waals surface area contributed by atoms with E-state index in [2.05, 4.69) is 16.0 Å². The summed E-state index contributed by atoms with van der Waals surface area (Å²) in [4.78, 5) is 24.1. The second-order valence-corrected chi connectivity index (χ2v) is 6.07. The number of amides is 3. The minimum Gasteiger partial charge on any atom is -0.396 e. The van der Waals surface area contributed by atoms with Crippen molar-refractivity contribution in [2.24, 2.45) is 0 Å². The fraction of sp³-hybridized carbons (Fsp3) is 0.500.